The minimum atomic E-state index is -1.77. The largest absolute Gasteiger partial charge is 0.412 e. The molecule has 6 N–H and O–H groups in total. The summed E-state index contributed by atoms with van der Waals surface area (Å²) in [5, 5.41) is 36.3. The van der Waals surface area contributed by atoms with Crippen LogP contribution in [-0.4, -0.2) is 56.6 Å². The Morgan fingerprint density at radius 3 is 2.25 bits per heavy atom. The predicted molar refractivity (Wildman–Crippen MR) is 38.2 cm³/mol. The minimum absolute atomic E-state index is 0. The molecule has 12 heavy (non-hydrogen) atoms. The quantitative estimate of drug-likeness (QED) is 0.317. The van der Waals surface area contributed by atoms with E-state index < -0.39 is 24.1 Å². The van der Waals surface area contributed by atoms with Gasteiger partial charge in [0.05, 0.1) is 6.61 Å². The summed E-state index contributed by atoms with van der Waals surface area (Å²) < 4.78 is 4.66. The highest BCUT2D eigenvalue weighted by molar-refractivity contribution is 4.88. The summed E-state index contributed by atoms with van der Waals surface area (Å²) in [5.74, 6) is -1.77. The zero-order valence-corrected chi connectivity index (χ0v) is 6.64. The summed E-state index contributed by atoms with van der Waals surface area (Å²) in [6, 6.07) is 0. The Kier molecular flexibility index (Phi) is 3.58. The molecule has 1 rings (SSSR count). The van der Waals surface area contributed by atoms with E-state index in [-0.39, 0.29) is 12.1 Å². The van der Waals surface area contributed by atoms with Gasteiger partial charge in [0.25, 0.3) is 0 Å². The molecule has 0 radical (unpaired) electrons. The van der Waals surface area contributed by atoms with Crippen molar-refractivity contribution in [3.05, 3.63) is 0 Å². The smallest absolute Gasteiger partial charge is 0.191 e. The number of ether oxygens (including phenoxy) is 1. The molecule has 0 aromatic rings. The van der Waals surface area contributed by atoms with Crippen LogP contribution in [0, 0.1) is 0 Å². The van der Waals surface area contributed by atoms with Crippen molar-refractivity contribution in [3.63, 3.8) is 0 Å². The molecule has 0 bridgehead atoms. The molecule has 0 aliphatic carbocycles. The van der Waals surface area contributed by atoms with Crippen molar-refractivity contribution in [2.45, 2.75) is 31.0 Å². The number of aliphatic hydroxyl groups is 4. The Morgan fingerprint density at radius 1 is 1.33 bits per heavy atom. The van der Waals surface area contributed by atoms with Crippen LogP contribution in [0.2, 0.25) is 0 Å². The van der Waals surface area contributed by atoms with Crippen LogP contribution in [0.5, 0.6) is 0 Å². The number of rotatable bonds is 0. The van der Waals surface area contributed by atoms with Crippen molar-refractivity contribution in [1.82, 2.24) is 0 Å². The van der Waals surface area contributed by atoms with Crippen molar-refractivity contribution in [3.8, 4) is 0 Å². The van der Waals surface area contributed by atoms with E-state index in [4.69, 9.17) is 15.3 Å². The second-order valence-corrected chi connectivity index (χ2v) is 2.87. The maximum Gasteiger partial charge on any atom is 0.191 e. The fourth-order valence-electron chi connectivity index (χ4n) is 0.965. The van der Waals surface area contributed by atoms with Crippen LogP contribution < -0.4 is 0 Å². The molecule has 1 saturated heterocycles. The first kappa shape index (κ1) is 11.8. The zero-order chi connectivity index (χ0) is 8.65. The van der Waals surface area contributed by atoms with E-state index in [1.807, 2.05) is 0 Å². The molecule has 6 nitrogen and oxygen atoms in total. The second-order valence-electron chi connectivity index (χ2n) is 2.87. The second kappa shape index (κ2) is 3.65. The van der Waals surface area contributed by atoms with Crippen LogP contribution in [0.15, 0.2) is 0 Å². The van der Waals surface area contributed by atoms with Gasteiger partial charge in [0, 0.05) is 0 Å². The van der Waals surface area contributed by atoms with Crippen LogP contribution in [0.25, 0.3) is 0 Å². The molecule has 0 saturated carbocycles. The van der Waals surface area contributed by atoms with Crippen LogP contribution in [0.1, 0.15) is 6.92 Å². The molecule has 0 aromatic heterocycles. The van der Waals surface area contributed by atoms with Gasteiger partial charge in [0.2, 0.25) is 0 Å². The van der Waals surface area contributed by atoms with E-state index in [0.717, 1.165) is 0 Å². The van der Waals surface area contributed by atoms with E-state index in [1.165, 1.54) is 6.92 Å². The summed E-state index contributed by atoms with van der Waals surface area (Å²) in [5.41, 5.74) is 0. The first-order valence-corrected chi connectivity index (χ1v) is 3.35. The molecule has 1 heterocycles. The van der Waals surface area contributed by atoms with E-state index >= 15 is 0 Å². The molecule has 1 fully saturated rings. The van der Waals surface area contributed by atoms with Gasteiger partial charge in [-0.25, -0.2) is 0 Å². The van der Waals surface area contributed by atoms with Crippen molar-refractivity contribution in [1.29, 1.82) is 0 Å². The van der Waals surface area contributed by atoms with Gasteiger partial charge in [-0.2, -0.15) is 0 Å². The van der Waals surface area contributed by atoms with E-state index in [1.54, 1.807) is 0 Å². The van der Waals surface area contributed by atoms with Gasteiger partial charge in [0.15, 0.2) is 5.79 Å². The molecule has 0 unspecified atom stereocenters. The van der Waals surface area contributed by atoms with Gasteiger partial charge in [0.1, 0.15) is 18.3 Å². The average molecular weight is 182 g/mol. The molecule has 1 aliphatic heterocycles. The Hall–Kier alpha value is -0.240. The Bertz CT molecular complexity index is 147. The van der Waals surface area contributed by atoms with E-state index in [9.17, 15) is 5.11 Å². The van der Waals surface area contributed by atoms with Crippen molar-refractivity contribution < 1.29 is 30.6 Å². The van der Waals surface area contributed by atoms with Crippen LogP contribution in [-0.2, 0) is 4.74 Å². The van der Waals surface area contributed by atoms with E-state index in [2.05, 4.69) is 4.74 Å². The number of hydrogen-bond acceptors (Lipinski definition) is 5. The molecule has 0 amide bonds. The highest BCUT2D eigenvalue weighted by atomic mass is 16.6. The first-order valence-electron chi connectivity index (χ1n) is 3.35. The summed E-state index contributed by atoms with van der Waals surface area (Å²) >= 11 is 0. The fraction of sp³-hybridized carbons (Fsp3) is 1.00. The lowest BCUT2D eigenvalue weighted by molar-refractivity contribution is -0.312. The Labute approximate surface area is 69.3 Å². The molecule has 4 atom stereocenters. The maximum atomic E-state index is 9.19. The van der Waals surface area contributed by atoms with Gasteiger partial charge in [-0.05, 0) is 6.92 Å². The standard InChI is InChI=1S/C6H12O5.H2O/c1-6(10)5(9)4(8)3(7)2-11-6;/h3-5,7-10H,2H2,1H3;1H2/t3-,4-,5+,6-;/m0./s1. The van der Waals surface area contributed by atoms with Crippen molar-refractivity contribution in [2.75, 3.05) is 6.61 Å². The number of aliphatic hydroxyl groups excluding tert-OH is 3. The highest BCUT2D eigenvalue weighted by Gasteiger charge is 2.44. The molecule has 0 spiro atoms. The monoisotopic (exact) mass is 182 g/mol. The summed E-state index contributed by atoms with van der Waals surface area (Å²) in [7, 11) is 0. The zero-order valence-electron chi connectivity index (χ0n) is 6.64. The van der Waals surface area contributed by atoms with Gasteiger partial charge < -0.3 is 30.6 Å². The highest BCUT2D eigenvalue weighted by Crippen LogP contribution is 2.22. The summed E-state index contributed by atoms with van der Waals surface area (Å²) in [6.45, 7) is 1.05. The van der Waals surface area contributed by atoms with Crippen molar-refractivity contribution in [2.24, 2.45) is 0 Å². The predicted octanol–water partition coefficient (Wildman–Crippen LogP) is -3.02. The molecule has 0 aromatic carbocycles. The molecule has 74 valence electrons. The summed E-state index contributed by atoms with van der Waals surface area (Å²) in [6.07, 6.45) is -3.95. The fourth-order valence-corrected chi connectivity index (χ4v) is 0.965. The molecular formula is C6H14O6. The summed E-state index contributed by atoms with van der Waals surface area (Å²) in [4.78, 5) is 0. The lowest BCUT2D eigenvalue weighted by Gasteiger charge is -2.39. The molecular weight excluding hydrogens is 168 g/mol. The van der Waals surface area contributed by atoms with Crippen molar-refractivity contribution >= 4 is 0 Å². The van der Waals surface area contributed by atoms with Crippen LogP contribution in [0.4, 0.5) is 0 Å². The minimum Gasteiger partial charge on any atom is -0.412 e. The Balaban J connectivity index is 0.00000121. The van der Waals surface area contributed by atoms with Crippen LogP contribution >= 0.6 is 0 Å². The van der Waals surface area contributed by atoms with Crippen LogP contribution in [0.3, 0.4) is 0 Å². The van der Waals surface area contributed by atoms with Gasteiger partial charge in [-0.3, -0.25) is 0 Å². The number of hydrogen-bond donors (Lipinski definition) is 4. The molecule has 6 heteroatoms. The van der Waals surface area contributed by atoms with Gasteiger partial charge in [-0.15, -0.1) is 0 Å². The first-order chi connectivity index (χ1) is 4.95. The van der Waals surface area contributed by atoms with Gasteiger partial charge >= 0.3 is 0 Å². The van der Waals surface area contributed by atoms with Gasteiger partial charge in [-0.1, -0.05) is 0 Å². The lowest BCUT2D eigenvalue weighted by atomic mass is 9.98. The third-order valence-electron chi connectivity index (χ3n) is 1.81. The maximum absolute atomic E-state index is 9.19. The Morgan fingerprint density at radius 2 is 1.83 bits per heavy atom. The normalized spacial score (nSPS) is 48.2. The molecule has 1 aliphatic rings. The third kappa shape index (κ3) is 1.92. The topological polar surface area (TPSA) is 122 Å². The lowest BCUT2D eigenvalue weighted by Crippen LogP contribution is -2.59. The third-order valence-corrected chi connectivity index (χ3v) is 1.81. The SMILES string of the molecule is C[C@]1(O)OC[C@H](O)[C@H](O)[C@H]1O.O. The average Bonchev–Trinajstić information content (AvgIpc) is 1.95. The van der Waals surface area contributed by atoms with E-state index in [0.29, 0.717) is 0 Å².